The molecule has 0 aliphatic carbocycles. The van der Waals surface area contributed by atoms with Crippen LogP contribution in [0.3, 0.4) is 0 Å². The van der Waals surface area contributed by atoms with Gasteiger partial charge in [-0.25, -0.2) is 0 Å². The van der Waals surface area contributed by atoms with Crippen molar-refractivity contribution in [1.82, 2.24) is 0 Å². The predicted octanol–water partition coefficient (Wildman–Crippen LogP) is -3.21. The molecule has 52 valence electrons. The van der Waals surface area contributed by atoms with E-state index in [0.29, 0.717) is 0 Å². The van der Waals surface area contributed by atoms with Gasteiger partial charge in [0.05, 0.1) is 0 Å². The fraction of sp³-hybridized carbons (Fsp3) is 1.00. The highest BCUT2D eigenvalue weighted by Crippen LogP contribution is 1.81. The third kappa shape index (κ3) is 3.97. The summed E-state index contributed by atoms with van der Waals surface area (Å²) >= 11 is 0. The van der Waals surface area contributed by atoms with Crippen LogP contribution in [-0.4, -0.2) is 39.7 Å². The number of hydrogen-bond acceptors (Lipinski definition) is 4. The molecule has 0 fully saturated rings. The normalized spacial score (nSPS) is 13.1. The summed E-state index contributed by atoms with van der Waals surface area (Å²) in [6, 6.07) is 0. The van der Waals surface area contributed by atoms with Gasteiger partial charge >= 0.3 is 0 Å². The Hall–Kier alpha value is -0.200. The minimum absolute atomic E-state index is 0. The standard InChI is InChI=1S/C3H9NO3.H2O/c4-1-2(5)3(6)7;/h2-3,5-7H,1,4H2;1H2. The summed E-state index contributed by atoms with van der Waals surface area (Å²) in [6.45, 7) is -0.127. The number of rotatable bonds is 2. The predicted molar refractivity (Wildman–Crippen MR) is 26.9 cm³/mol. The third-order valence-electron chi connectivity index (χ3n) is 0.586. The Kier molecular flexibility index (Phi) is 6.63. The molecule has 5 nitrogen and oxygen atoms in total. The Balaban J connectivity index is 0. The summed E-state index contributed by atoms with van der Waals surface area (Å²) in [5, 5.41) is 24.4. The minimum Gasteiger partial charge on any atom is -0.412 e. The third-order valence-corrected chi connectivity index (χ3v) is 0.586. The molecular weight excluding hydrogens is 114 g/mol. The van der Waals surface area contributed by atoms with Gasteiger partial charge in [-0.3, -0.25) is 0 Å². The fourth-order valence-corrected chi connectivity index (χ4v) is 0.122. The van der Waals surface area contributed by atoms with Gasteiger partial charge in [0, 0.05) is 6.54 Å². The topological polar surface area (TPSA) is 118 Å². The van der Waals surface area contributed by atoms with Gasteiger partial charge in [-0.05, 0) is 0 Å². The van der Waals surface area contributed by atoms with Gasteiger partial charge < -0.3 is 26.5 Å². The van der Waals surface area contributed by atoms with Crippen molar-refractivity contribution >= 4 is 0 Å². The second-order valence-corrected chi connectivity index (χ2v) is 1.22. The van der Waals surface area contributed by atoms with Crippen molar-refractivity contribution in [3.8, 4) is 0 Å². The van der Waals surface area contributed by atoms with Gasteiger partial charge in [0.2, 0.25) is 0 Å². The van der Waals surface area contributed by atoms with Crippen LogP contribution in [-0.2, 0) is 0 Å². The Morgan fingerprint density at radius 2 is 1.62 bits per heavy atom. The smallest absolute Gasteiger partial charge is 0.179 e. The van der Waals surface area contributed by atoms with Gasteiger partial charge in [-0.1, -0.05) is 0 Å². The zero-order chi connectivity index (χ0) is 5.86. The monoisotopic (exact) mass is 125 g/mol. The molecule has 0 saturated heterocycles. The van der Waals surface area contributed by atoms with Gasteiger partial charge in [0.25, 0.3) is 0 Å². The van der Waals surface area contributed by atoms with Crippen molar-refractivity contribution in [1.29, 1.82) is 0 Å². The Morgan fingerprint density at radius 3 is 1.62 bits per heavy atom. The molecule has 0 aromatic carbocycles. The van der Waals surface area contributed by atoms with Crippen LogP contribution < -0.4 is 5.73 Å². The molecule has 1 unspecified atom stereocenters. The summed E-state index contributed by atoms with van der Waals surface area (Å²) in [6.07, 6.45) is -2.91. The number of aliphatic hydroxyl groups is 3. The van der Waals surface area contributed by atoms with E-state index in [1.807, 2.05) is 0 Å². The minimum atomic E-state index is -1.70. The van der Waals surface area contributed by atoms with Gasteiger partial charge in [-0.15, -0.1) is 0 Å². The quantitative estimate of drug-likeness (QED) is 0.290. The average molecular weight is 125 g/mol. The number of hydrogen-bond donors (Lipinski definition) is 4. The SMILES string of the molecule is NCC(O)C(O)O.O. The summed E-state index contributed by atoms with van der Waals surface area (Å²) in [5.74, 6) is 0. The molecule has 8 heavy (non-hydrogen) atoms. The summed E-state index contributed by atoms with van der Waals surface area (Å²) in [7, 11) is 0. The van der Waals surface area contributed by atoms with E-state index in [9.17, 15) is 0 Å². The summed E-state index contributed by atoms with van der Waals surface area (Å²) in [4.78, 5) is 0. The Bertz CT molecular complexity index is 48.5. The molecule has 0 aliphatic heterocycles. The molecule has 0 aromatic rings. The molecule has 0 aliphatic rings. The molecule has 7 N–H and O–H groups in total. The van der Waals surface area contributed by atoms with Crippen LogP contribution in [0.4, 0.5) is 0 Å². The first-order valence-corrected chi connectivity index (χ1v) is 1.92. The second-order valence-electron chi connectivity index (χ2n) is 1.22. The Labute approximate surface area is 46.7 Å². The molecule has 0 saturated carbocycles. The van der Waals surface area contributed by atoms with E-state index in [0.717, 1.165) is 0 Å². The second kappa shape index (κ2) is 4.95. The molecule has 1 atom stereocenters. The van der Waals surface area contributed by atoms with E-state index in [2.05, 4.69) is 0 Å². The van der Waals surface area contributed by atoms with Crippen LogP contribution in [0.25, 0.3) is 0 Å². The van der Waals surface area contributed by atoms with Crippen molar-refractivity contribution in [3.05, 3.63) is 0 Å². The van der Waals surface area contributed by atoms with Crippen LogP contribution in [0.1, 0.15) is 0 Å². The molecular formula is C3H11NO4. The van der Waals surface area contributed by atoms with Crippen molar-refractivity contribution in [2.24, 2.45) is 5.73 Å². The van der Waals surface area contributed by atoms with Gasteiger partial charge in [0.1, 0.15) is 6.10 Å². The van der Waals surface area contributed by atoms with E-state index in [1.54, 1.807) is 0 Å². The van der Waals surface area contributed by atoms with Crippen LogP contribution in [0.2, 0.25) is 0 Å². The fourth-order valence-electron chi connectivity index (χ4n) is 0.122. The first kappa shape index (κ1) is 10.7. The molecule has 0 radical (unpaired) electrons. The van der Waals surface area contributed by atoms with Gasteiger partial charge in [0.15, 0.2) is 6.29 Å². The lowest BCUT2D eigenvalue weighted by Crippen LogP contribution is -2.32. The number of nitrogens with two attached hydrogens (primary N) is 1. The van der Waals surface area contributed by atoms with E-state index in [-0.39, 0.29) is 12.0 Å². The number of aliphatic hydroxyl groups excluding tert-OH is 2. The lowest BCUT2D eigenvalue weighted by atomic mass is 10.3. The van der Waals surface area contributed by atoms with E-state index < -0.39 is 12.4 Å². The first-order valence-electron chi connectivity index (χ1n) is 1.92. The van der Waals surface area contributed by atoms with Crippen molar-refractivity contribution in [2.45, 2.75) is 12.4 Å². The lowest BCUT2D eigenvalue weighted by molar-refractivity contribution is -0.117. The molecule has 0 bridgehead atoms. The van der Waals surface area contributed by atoms with E-state index in [4.69, 9.17) is 21.1 Å². The van der Waals surface area contributed by atoms with Crippen molar-refractivity contribution in [3.63, 3.8) is 0 Å². The van der Waals surface area contributed by atoms with Crippen LogP contribution in [0.5, 0.6) is 0 Å². The molecule has 0 spiro atoms. The first-order chi connectivity index (χ1) is 3.18. The molecule has 5 heteroatoms. The van der Waals surface area contributed by atoms with Crippen molar-refractivity contribution in [2.75, 3.05) is 6.54 Å². The molecule has 0 rings (SSSR count). The summed E-state index contributed by atoms with van der Waals surface area (Å²) in [5.41, 5.74) is 4.80. The van der Waals surface area contributed by atoms with Gasteiger partial charge in [-0.2, -0.15) is 0 Å². The zero-order valence-electron chi connectivity index (χ0n) is 4.28. The lowest BCUT2D eigenvalue weighted by Gasteiger charge is -2.07. The van der Waals surface area contributed by atoms with Crippen LogP contribution >= 0.6 is 0 Å². The highest BCUT2D eigenvalue weighted by Gasteiger charge is 2.07. The molecule has 0 amide bonds. The van der Waals surface area contributed by atoms with E-state index in [1.165, 1.54) is 0 Å². The maximum atomic E-state index is 8.31. The zero-order valence-corrected chi connectivity index (χ0v) is 4.28. The van der Waals surface area contributed by atoms with Crippen molar-refractivity contribution < 1.29 is 20.8 Å². The maximum absolute atomic E-state index is 8.31. The molecule has 0 heterocycles. The van der Waals surface area contributed by atoms with Crippen LogP contribution in [0, 0.1) is 0 Å². The maximum Gasteiger partial charge on any atom is 0.179 e. The van der Waals surface area contributed by atoms with E-state index >= 15 is 0 Å². The molecule has 0 aromatic heterocycles. The van der Waals surface area contributed by atoms with Crippen LogP contribution in [0.15, 0.2) is 0 Å². The highest BCUT2D eigenvalue weighted by atomic mass is 16.5. The summed E-state index contributed by atoms with van der Waals surface area (Å²) < 4.78 is 0. The average Bonchev–Trinajstić information content (AvgIpc) is 1.65. The Morgan fingerprint density at radius 1 is 1.25 bits per heavy atom. The highest BCUT2D eigenvalue weighted by molar-refractivity contribution is 4.54. The largest absolute Gasteiger partial charge is 0.412 e.